The van der Waals surface area contributed by atoms with Gasteiger partial charge in [-0.3, -0.25) is 15.5 Å². The zero-order valence-corrected chi connectivity index (χ0v) is 14.9. The summed E-state index contributed by atoms with van der Waals surface area (Å²) in [7, 11) is 0. The minimum atomic E-state index is -0.421. The Bertz CT molecular complexity index is 835. The minimum Gasteiger partial charge on any atom is -0.258 e. The van der Waals surface area contributed by atoms with Gasteiger partial charge in [-0.15, -0.1) is 28.3 Å². The molecule has 2 aromatic carbocycles. The fourth-order valence-electron chi connectivity index (χ4n) is 1.91. The molecule has 3 aromatic rings. The molecule has 24 heavy (non-hydrogen) atoms. The molecule has 0 atom stereocenters. The molecule has 8 heteroatoms. The molecule has 0 aliphatic heterocycles. The molecule has 1 N–H and O–H groups in total. The van der Waals surface area contributed by atoms with Crippen LogP contribution in [0.2, 0.25) is 0 Å². The van der Waals surface area contributed by atoms with Crippen molar-refractivity contribution in [2.75, 3.05) is 5.43 Å². The number of thiazole rings is 1. The van der Waals surface area contributed by atoms with Crippen LogP contribution in [0.3, 0.4) is 0 Å². The molecule has 122 valence electrons. The molecule has 0 fully saturated rings. The number of non-ortho nitro benzene ring substituents is 1. The highest BCUT2D eigenvalue weighted by Crippen LogP contribution is 2.26. The van der Waals surface area contributed by atoms with E-state index in [1.165, 1.54) is 23.5 Å². The molecular weight excluding hydrogens is 392 g/mol. The van der Waals surface area contributed by atoms with Gasteiger partial charge >= 0.3 is 0 Å². The first-order valence-corrected chi connectivity index (χ1v) is 7.65. The molecule has 0 spiro atoms. The van der Waals surface area contributed by atoms with Gasteiger partial charge in [-0.05, 0) is 17.7 Å². The Kier molecular flexibility index (Phi) is 6.16. The van der Waals surface area contributed by atoms with Gasteiger partial charge in [0.15, 0.2) is 0 Å². The number of anilines is 1. The van der Waals surface area contributed by atoms with Crippen LogP contribution in [0.4, 0.5) is 10.8 Å². The van der Waals surface area contributed by atoms with Gasteiger partial charge in [-0.25, -0.2) is 4.98 Å². The number of nitro benzene ring substituents is 1. The lowest BCUT2D eigenvalue weighted by molar-refractivity contribution is -0.384. The van der Waals surface area contributed by atoms with Gasteiger partial charge in [-0.1, -0.05) is 30.3 Å². The van der Waals surface area contributed by atoms with Crippen molar-refractivity contribution in [1.29, 1.82) is 0 Å². The number of hydrazone groups is 1. The highest BCUT2D eigenvalue weighted by atomic mass is 79.9. The Morgan fingerprint density at radius 3 is 2.50 bits per heavy atom. The number of hydrogen-bond acceptors (Lipinski definition) is 6. The minimum absolute atomic E-state index is 0. The van der Waals surface area contributed by atoms with Gasteiger partial charge in [0.25, 0.3) is 5.69 Å². The predicted molar refractivity (Wildman–Crippen MR) is 102 cm³/mol. The average Bonchev–Trinajstić information content (AvgIpc) is 3.05. The van der Waals surface area contributed by atoms with Crippen molar-refractivity contribution in [3.05, 3.63) is 75.7 Å². The molecule has 0 amide bonds. The third-order valence-electron chi connectivity index (χ3n) is 3.05. The van der Waals surface area contributed by atoms with Crippen LogP contribution >= 0.6 is 28.3 Å². The maximum absolute atomic E-state index is 10.7. The Hall–Kier alpha value is -2.58. The Morgan fingerprint density at radius 1 is 1.12 bits per heavy atom. The van der Waals surface area contributed by atoms with E-state index in [0.717, 1.165) is 16.8 Å². The monoisotopic (exact) mass is 404 g/mol. The van der Waals surface area contributed by atoms with E-state index >= 15 is 0 Å². The van der Waals surface area contributed by atoms with E-state index in [4.69, 9.17) is 0 Å². The fraction of sp³-hybridized carbons (Fsp3) is 0. The average molecular weight is 405 g/mol. The highest BCUT2D eigenvalue weighted by molar-refractivity contribution is 8.93. The Labute approximate surface area is 152 Å². The Morgan fingerprint density at radius 2 is 1.83 bits per heavy atom. The largest absolute Gasteiger partial charge is 0.269 e. The van der Waals surface area contributed by atoms with Crippen molar-refractivity contribution >= 4 is 45.4 Å². The molecule has 1 aromatic heterocycles. The molecule has 0 bridgehead atoms. The molecule has 3 rings (SSSR count). The highest BCUT2D eigenvalue weighted by Gasteiger charge is 2.07. The fourth-order valence-corrected chi connectivity index (χ4v) is 2.58. The normalized spacial score (nSPS) is 10.3. The Balaban J connectivity index is 0.00000208. The first kappa shape index (κ1) is 17.8. The standard InChI is InChI=1S/C16H12N4O2S.BrH/c21-20(22)14-8-6-13(7-9-14)15-11-23-16(18-15)19-17-10-12-4-2-1-3-5-12;/h1-11H,(H,18,19);1H. The van der Waals surface area contributed by atoms with Crippen LogP contribution in [0, 0.1) is 10.1 Å². The second kappa shape index (κ2) is 8.32. The van der Waals surface area contributed by atoms with E-state index in [-0.39, 0.29) is 22.7 Å². The van der Waals surface area contributed by atoms with Crippen molar-refractivity contribution in [3.8, 4) is 11.3 Å². The van der Waals surface area contributed by atoms with E-state index < -0.39 is 4.92 Å². The molecule has 1 heterocycles. The van der Waals surface area contributed by atoms with Gasteiger partial charge in [0.2, 0.25) is 5.13 Å². The first-order valence-electron chi connectivity index (χ1n) is 6.77. The van der Waals surface area contributed by atoms with E-state index in [1.807, 2.05) is 35.7 Å². The van der Waals surface area contributed by atoms with Gasteiger partial charge in [0, 0.05) is 23.1 Å². The summed E-state index contributed by atoms with van der Waals surface area (Å²) in [5.74, 6) is 0. The van der Waals surface area contributed by atoms with Crippen LogP contribution in [-0.2, 0) is 0 Å². The SMILES string of the molecule is Br.O=[N+]([O-])c1ccc(-c2csc(NN=Cc3ccccc3)n2)cc1. The third-order valence-corrected chi connectivity index (χ3v) is 3.80. The molecule has 0 aliphatic rings. The van der Waals surface area contributed by atoms with Crippen LogP contribution in [0.1, 0.15) is 5.56 Å². The summed E-state index contributed by atoms with van der Waals surface area (Å²) >= 11 is 1.42. The number of halogens is 1. The van der Waals surface area contributed by atoms with Gasteiger partial charge in [0.1, 0.15) is 0 Å². The lowest BCUT2D eigenvalue weighted by Crippen LogP contribution is -1.90. The van der Waals surface area contributed by atoms with E-state index in [9.17, 15) is 10.1 Å². The number of nitro groups is 1. The van der Waals surface area contributed by atoms with E-state index in [2.05, 4.69) is 15.5 Å². The molecule has 0 aliphatic carbocycles. The first-order chi connectivity index (χ1) is 11.2. The summed E-state index contributed by atoms with van der Waals surface area (Å²) in [6.45, 7) is 0. The van der Waals surface area contributed by atoms with Crippen molar-refractivity contribution in [1.82, 2.24) is 4.98 Å². The number of nitrogens with zero attached hydrogens (tertiary/aromatic N) is 3. The molecule has 6 nitrogen and oxygen atoms in total. The molecule has 0 unspecified atom stereocenters. The van der Waals surface area contributed by atoms with Crippen molar-refractivity contribution in [2.45, 2.75) is 0 Å². The number of aromatic nitrogens is 1. The summed E-state index contributed by atoms with van der Waals surface area (Å²) in [6, 6.07) is 16.0. The molecule has 0 saturated heterocycles. The van der Waals surface area contributed by atoms with Crippen LogP contribution in [0.15, 0.2) is 65.1 Å². The number of hydrogen-bond donors (Lipinski definition) is 1. The summed E-state index contributed by atoms with van der Waals surface area (Å²) < 4.78 is 0. The van der Waals surface area contributed by atoms with E-state index in [1.54, 1.807) is 18.3 Å². The lowest BCUT2D eigenvalue weighted by Gasteiger charge is -1.96. The zero-order chi connectivity index (χ0) is 16.1. The van der Waals surface area contributed by atoms with Crippen LogP contribution < -0.4 is 5.43 Å². The number of rotatable bonds is 5. The summed E-state index contributed by atoms with van der Waals surface area (Å²) in [4.78, 5) is 14.6. The quantitative estimate of drug-likeness (QED) is 0.378. The second-order valence-corrected chi connectivity index (χ2v) is 5.48. The van der Waals surface area contributed by atoms with Crippen LogP contribution in [0.5, 0.6) is 0 Å². The van der Waals surface area contributed by atoms with Crippen LogP contribution in [-0.4, -0.2) is 16.1 Å². The maximum atomic E-state index is 10.7. The molecule has 0 saturated carbocycles. The van der Waals surface area contributed by atoms with Gasteiger partial charge in [-0.2, -0.15) is 5.10 Å². The van der Waals surface area contributed by atoms with Crippen molar-refractivity contribution in [3.63, 3.8) is 0 Å². The van der Waals surface area contributed by atoms with Gasteiger partial charge < -0.3 is 0 Å². The summed E-state index contributed by atoms with van der Waals surface area (Å²) in [5, 5.41) is 17.3. The van der Waals surface area contributed by atoms with Crippen molar-refractivity contribution < 1.29 is 4.92 Å². The number of nitrogens with one attached hydrogen (secondary N) is 1. The third kappa shape index (κ3) is 4.46. The summed E-state index contributed by atoms with van der Waals surface area (Å²) in [5.41, 5.74) is 5.52. The topological polar surface area (TPSA) is 80.4 Å². The van der Waals surface area contributed by atoms with Crippen LogP contribution in [0.25, 0.3) is 11.3 Å². The van der Waals surface area contributed by atoms with E-state index in [0.29, 0.717) is 5.13 Å². The number of benzene rings is 2. The zero-order valence-electron chi connectivity index (χ0n) is 12.3. The molecular formula is C16H13BrN4O2S. The predicted octanol–water partition coefficient (Wildman–Crippen LogP) is 4.74. The smallest absolute Gasteiger partial charge is 0.258 e. The molecule has 0 radical (unpaired) electrons. The lowest BCUT2D eigenvalue weighted by atomic mass is 10.1. The second-order valence-electron chi connectivity index (χ2n) is 4.62. The summed E-state index contributed by atoms with van der Waals surface area (Å²) in [6.07, 6.45) is 1.72. The maximum Gasteiger partial charge on any atom is 0.269 e. The van der Waals surface area contributed by atoms with Crippen molar-refractivity contribution in [2.24, 2.45) is 5.10 Å². The van der Waals surface area contributed by atoms with Gasteiger partial charge in [0.05, 0.1) is 16.8 Å².